The molecule has 20 heteroatoms. The Bertz CT molecular complexity index is 3250. The summed E-state index contributed by atoms with van der Waals surface area (Å²) in [6.07, 6.45) is 5.11. The number of nitriles is 4. The molecular formula is C69H76N8O12. The van der Waals surface area contributed by atoms with E-state index in [4.69, 9.17) is 28.4 Å². The van der Waals surface area contributed by atoms with Gasteiger partial charge in [0.25, 0.3) is 0 Å². The third-order valence-corrected chi connectivity index (χ3v) is 13.6. The number of anilines is 4. The average molecular weight is 1210 g/mol. The van der Waals surface area contributed by atoms with Gasteiger partial charge in [0.1, 0.15) is 58.8 Å². The zero-order valence-electron chi connectivity index (χ0n) is 52.2. The largest absolute Gasteiger partial charge is 0.462 e. The molecule has 0 saturated carbocycles. The number of esters is 6. The minimum absolute atomic E-state index is 0.0933. The van der Waals surface area contributed by atoms with Gasteiger partial charge in [-0.15, -0.1) is 0 Å². The van der Waals surface area contributed by atoms with Gasteiger partial charge in [0.15, 0.2) is 0 Å². The molecule has 0 bridgehead atoms. The molecule has 0 fully saturated rings. The molecule has 0 aromatic heterocycles. The van der Waals surface area contributed by atoms with Crippen molar-refractivity contribution in [2.45, 2.75) is 66.6 Å². The van der Waals surface area contributed by atoms with Crippen LogP contribution in [0.25, 0.3) is 24.3 Å². The van der Waals surface area contributed by atoms with Crippen LogP contribution in [0.4, 0.5) is 22.7 Å². The van der Waals surface area contributed by atoms with E-state index in [1.807, 2.05) is 101 Å². The van der Waals surface area contributed by atoms with Crippen molar-refractivity contribution >= 4 is 82.9 Å². The van der Waals surface area contributed by atoms with E-state index in [1.54, 1.807) is 76.2 Å². The van der Waals surface area contributed by atoms with Gasteiger partial charge in [-0.3, -0.25) is 0 Å². The molecule has 0 heterocycles. The van der Waals surface area contributed by atoms with Crippen LogP contribution >= 0.6 is 0 Å². The van der Waals surface area contributed by atoms with E-state index in [1.165, 1.54) is 38.2 Å². The van der Waals surface area contributed by atoms with E-state index in [9.17, 15) is 49.8 Å². The molecule has 0 spiro atoms. The topological polar surface area (TPSA) is 266 Å². The Balaban J connectivity index is 1.80. The van der Waals surface area contributed by atoms with Gasteiger partial charge in [-0.05, 0) is 137 Å². The average Bonchev–Trinajstić information content (AvgIpc) is 3.01. The summed E-state index contributed by atoms with van der Waals surface area (Å²) in [4.78, 5) is 83.4. The highest BCUT2D eigenvalue weighted by Crippen LogP contribution is 2.33. The number of ether oxygens (including phenoxy) is 6. The fourth-order valence-electron chi connectivity index (χ4n) is 9.08. The van der Waals surface area contributed by atoms with Gasteiger partial charge >= 0.3 is 35.8 Å². The van der Waals surface area contributed by atoms with Gasteiger partial charge in [-0.2, -0.15) is 21.0 Å². The van der Waals surface area contributed by atoms with Gasteiger partial charge in [-0.25, -0.2) is 28.8 Å². The molecule has 4 aromatic rings. The van der Waals surface area contributed by atoms with Crippen molar-refractivity contribution in [3.05, 3.63) is 166 Å². The third-order valence-electron chi connectivity index (χ3n) is 13.6. The molecule has 4 aromatic carbocycles. The van der Waals surface area contributed by atoms with E-state index < -0.39 is 53.4 Å². The fourth-order valence-corrected chi connectivity index (χ4v) is 9.08. The Morgan fingerprint density at radius 3 is 0.854 bits per heavy atom. The molecule has 2 atom stereocenters. The van der Waals surface area contributed by atoms with Crippen molar-refractivity contribution in [2.24, 2.45) is 5.41 Å². The molecule has 0 aliphatic carbocycles. The normalized spacial score (nSPS) is 12.2. The van der Waals surface area contributed by atoms with E-state index >= 15 is 0 Å². The van der Waals surface area contributed by atoms with Gasteiger partial charge < -0.3 is 48.0 Å². The summed E-state index contributed by atoms with van der Waals surface area (Å²) in [7, 11) is 7.84. The summed E-state index contributed by atoms with van der Waals surface area (Å²) in [5.74, 6) is -4.24. The molecular weight excluding hydrogens is 1130 g/mol. The lowest BCUT2D eigenvalue weighted by molar-refractivity contribution is -0.147. The monoisotopic (exact) mass is 1210 g/mol. The number of carbonyl (C=O) groups is 6. The molecule has 0 radical (unpaired) electrons. The molecule has 464 valence electrons. The fraction of sp³-hybridized carbons (Fsp3) is 0.333. The van der Waals surface area contributed by atoms with Crippen LogP contribution in [0.1, 0.15) is 76.6 Å². The Labute approximate surface area is 521 Å². The van der Waals surface area contributed by atoms with Crippen LogP contribution in [-0.2, 0) is 57.2 Å². The van der Waals surface area contributed by atoms with Crippen molar-refractivity contribution in [1.82, 2.24) is 0 Å². The van der Waals surface area contributed by atoms with E-state index in [2.05, 4.69) is 32.8 Å². The van der Waals surface area contributed by atoms with E-state index in [0.717, 1.165) is 22.7 Å². The zero-order chi connectivity index (χ0) is 65.8. The highest BCUT2D eigenvalue weighted by atomic mass is 16.6. The molecule has 4 rings (SSSR count). The zero-order valence-corrected chi connectivity index (χ0v) is 52.2. The number of carbonyl (C=O) groups excluding carboxylic acids is 6. The van der Waals surface area contributed by atoms with Crippen molar-refractivity contribution < 1.29 is 57.2 Å². The molecule has 0 N–H and O–H groups in total. The SMILES string of the molecule is C=C(C)C(=O)OC(C)CCOC(=O)/C(C#N)=C/c1ccc(N(C)CC(CN(C)c2ccc(/C=C(\C#N)C(=O)OCC)cc2)(CN(C)c2ccc(/C=C(\C#N)C(=O)OCC)cc2)CN(C)c2ccc(/C=C(\C#N)C(=O)OCCC(C)OC(=O)C(=C)C)cc2)cc1. The number of rotatable bonds is 32. The summed E-state index contributed by atoms with van der Waals surface area (Å²) in [6, 6.07) is 37.1. The van der Waals surface area contributed by atoms with E-state index in [-0.39, 0.29) is 72.7 Å². The molecule has 89 heavy (non-hydrogen) atoms. The molecule has 0 aliphatic rings. The lowest BCUT2D eigenvalue weighted by Gasteiger charge is -2.46. The summed E-state index contributed by atoms with van der Waals surface area (Å²) in [5.41, 5.74) is 4.53. The maximum Gasteiger partial charge on any atom is 0.348 e. The second kappa shape index (κ2) is 35.1. The summed E-state index contributed by atoms with van der Waals surface area (Å²) >= 11 is 0. The number of benzene rings is 4. The lowest BCUT2D eigenvalue weighted by Crippen LogP contribution is -2.55. The first-order valence-corrected chi connectivity index (χ1v) is 28.5. The highest BCUT2D eigenvalue weighted by molar-refractivity contribution is 6.00. The second-order valence-electron chi connectivity index (χ2n) is 21.3. The lowest BCUT2D eigenvalue weighted by atomic mass is 9.84. The molecule has 20 nitrogen and oxygen atoms in total. The maximum absolute atomic E-state index is 13.1. The Hall–Kier alpha value is -10.7. The van der Waals surface area contributed by atoms with Gasteiger partial charge in [0.2, 0.25) is 0 Å². The molecule has 0 saturated heterocycles. The quantitative estimate of drug-likeness (QED) is 0.0190. The molecule has 0 aliphatic heterocycles. The first-order chi connectivity index (χ1) is 42.4. The first kappa shape index (κ1) is 70.8. The van der Waals surface area contributed by atoms with Gasteiger partial charge in [0.05, 0.1) is 26.4 Å². The van der Waals surface area contributed by atoms with Crippen LogP contribution in [0, 0.1) is 50.7 Å². The van der Waals surface area contributed by atoms with E-state index in [0.29, 0.717) is 48.4 Å². The maximum atomic E-state index is 13.1. The minimum atomic E-state index is -0.833. The Morgan fingerprint density at radius 2 is 0.652 bits per heavy atom. The Morgan fingerprint density at radius 1 is 0.427 bits per heavy atom. The van der Waals surface area contributed by atoms with Gasteiger partial charge in [0, 0.05) is 107 Å². The second-order valence-corrected chi connectivity index (χ2v) is 21.3. The third kappa shape index (κ3) is 22.6. The smallest absolute Gasteiger partial charge is 0.348 e. The predicted octanol–water partition coefficient (Wildman–Crippen LogP) is 10.2. The van der Waals surface area contributed by atoms with Crippen LogP contribution in [0.15, 0.2) is 144 Å². The summed E-state index contributed by atoms with van der Waals surface area (Å²) in [6.45, 7) is 18.5. The molecule has 2 unspecified atom stereocenters. The number of nitrogens with zero attached hydrogens (tertiary/aromatic N) is 8. The van der Waals surface area contributed by atoms with Crippen molar-refractivity contribution in [3.63, 3.8) is 0 Å². The Kier molecular flexibility index (Phi) is 27.9. The number of hydrogen-bond donors (Lipinski definition) is 0. The molecule has 0 amide bonds. The van der Waals surface area contributed by atoms with Crippen LogP contribution in [-0.4, -0.2) is 129 Å². The van der Waals surface area contributed by atoms with Crippen LogP contribution in [0.3, 0.4) is 0 Å². The van der Waals surface area contributed by atoms with Crippen LogP contribution in [0.2, 0.25) is 0 Å². The van der Waals surface area contributed by atoms with Gasteiger partial charge in [-0.1, -0.05) is 61.7 Å². The van der Waals surface area contributed by atoms with Crippen molar-refractivity contribution in [3.8, 4) is 24.3 Å². The summed E-state index contributed by atoms with van der Waals surface area (Å²) in [5, 5.41) is 39.5. The predicted molar refractivity (Wildman–Crippen MR) is 341 cm³/mol. The van der Waals surface area contributed by atoms with Crippen molar-refractivity contribution in [2.75, 3.05) is 100 Å². The van der Waals surface area contributed by atoms with Crippen LogP contribution in [0.5, 0.6) is 0 Å². The van der Waals surface area contributed by atoms with Crippen LogP contribution < -0.4 is 19.6 Å². The van der Waals surface area contributed by atoms with Crippen molar-refractivity contribution in [1.29, 1.82) is 21.0 Å². The minimum Gasteiger partial charge on any atom is -0.462 e. The summed E-state index contributed by atoms with van der Waals surface area (Å²) < 4.78 is 31.4. The standard InChI is InChI=1S/C69H76N8O12/c1-13-84-65(80)55(39-70)35-51-15-23-59(24-16-51)74(9)43-69(44-75(10)60-25-17-52(18-26-60)36-56(40-71)66(81)85-14-2,45-76(11)61-27-19-53(20-28-61)37-57(41-72)67(82)86-33-31-49(7)88-63(78)47(3)4)46-77(12)62-29-21-54(22-30-62)38-58(42-73)68(83)87-34-32-50(8)89-64(79)48(5)6/h15-30,35-38,49-50H,3,5,13-14,31-34,43-46H2,1-2,4,6-12H3/b55-35+,56-36+,57-37+,58-38+. The number of hydrogen-bond acceptors (Lipinski definition) is 20. The highest BCUT2D eigenvalue weighted by Gasteiger charge is 2.37. The first-order valence-electron chi connectivity index (χ1n) is 28.5.